The number of nitrogens with zero attached hydrogens (tertiary/aromatic N) is 1. The van der Waals surface area contributed by atoms with Gasteiger partial charge in [0.05, 0.1) is 0 Å². The van der Waals surface area contributed by atoms with Crippen molar-refractivity contribution in [1.29, 1.82) is 0 Å². The van der Waals surface area contributed by atoms with E-state index in [0.717, 1.165) is 19.3 Å². The van der Waals surface area contributed by atoms with Crippen molar-refractivity contribution in [2.45, 2.75) is 51.7 Å². The smallest absolute Gasteiger partial charge is 0.410 e. The summed E-state index contributed by atoms with van der Waals surface area (Å²) in [6.45, 7) is 5.67. The largest absolute Gasteiger partial charge is 0.444 e. The lowest BCUT2D eigenvalue weighted by atomic mass is 10.0. The van der Waals surface area contributed by atoms with Crippen molar-refractivity contribution in [1.82, 2.24) is 4.90 Å². The highest BCUT2D eigenvalue weighted by atomic mass is 16.6. The van der Waals surface area contributed by atoms with Gasteiger partial charge in [-0.25, -0.2) is 4.79 Å². The summed E-state index contributed by atoms with van der Waals surface area (Å²) in [5.41, 5.74) is -0.407. The molecule has 3 nitrogen and oxygen atoms in total. The maximum absolute atomic E-state index is 11.7. The molecule has 0 N–H and O–H groups in total. The number of carbonyl (C=O) groups excluding carboxylic acids is 1. The van der Waals surface area contributed by atoms with E-state index in [-0.39, 0.29) is 6.09 Å². The van der Waals surface area contributed by atoms with E-state index in [9.17, 15) is 4.79 Å². The van der Waals surface area contributed by atoms with Crippen LogP contribution in [0, 0.1) is 0 Å². The lowest BCUT2D eigenvalue weighted by molar-refractivity contribution is 0.0214. The molecule has 0 fully saturated rings. The molecule has 3 heteroatoms. The molecule has 0 aromatic rings. The van der Waals surface area contributed by atoms with Gasteiger partial charge < -0.3 is 9.64 Å². The van der Waals surface area contributed by atoms with Gasteiger partial charge in [-0.1, -0.05) is 12.2 Å². The van der Waals surface area contributed by atoms with E-state index in [1.165, 1.54) is 0 Å². The minimum absolute atomic E-state index is 0.220. The highest BCUT2D eigenvalue weighted by Gasteiger charge is 2.24. The summed E-state index contributed by atoms with van der Waals surface area (Å²) in [5, 5.41) is 0. The molecule has 1 unspecified atom stereocenters. The summed E-state index contributed by atoms with van der Waals surface area (Å²) in [7, 11) is 1.82. The van der Waals surface area contributed by atoms with Crippen LogP contribution in [-0.4, -0.2) is 29.7 Å². The Morgan fingerprint density at radius 1 is 1.40 bits per heavy atom. The lowest BCUT2D eigenvalue weighted by Crippen LogP contribution is -2.41. The van der Waals surface area contributed by atoms with Gasteiger partial charge in [0.25, 0.3) is 0 Å². The van der Waals surface area contributed by atoms with Crippen LogP contribution in [0.4, 0.5) is 4.79 Å². The number of carbonyl (C=O) groups is 1. The molecule has 1 atom stereocenters. The zero-order chi connectivity index (χ0) is 11.5. The molecule has 0 heterocycles. The molecule has 1 aliphatic rings. The van der Waals surface area contributed by atoms with Crippen LogP contribution in [-0.2, 0) is 4.74 Å². The zero-order valence-corrected chi connectivity index (χ0v) is 10.1. The quantitative estimate of drug-likeness (QED) is 0.624. The first kappa shape index (κ1) is 12.1. The Bertz CT molecular complexity index is 253. The van der Waals surface area contributed by atoms with Crippen molar-refractivity contribution >= 4 is 6.09 Å². The van der Waals surface area contributed by atoms with E-state index in [4.69, 9.17) is 4.74 Å². The topological polar surface area (TPSA) is 29.5 Å². The Labute approximate surface area is 92.1 Å². The second-order valence-electron chi connectivity index (χ2n) is 5.03. The van der Waals surface area contributed by atoms with Gasteiger partial charge >= 0.3 is 6.09 Å². The minimum atomic E-state index is -0.407. The summed E-state index contributed by atoms with van der Waals surface area (Å²) in [5.74, 6) is 0. The van der Waals surface area contributed by atoms with Gasteiger partial charge in [-0.2, -0.15) is 0 Å². The lowest BCUT2D eigenvalue weighted by Gasteiger charge is -2.31. The van der Waals surface area contributed by atoms with Crippen LogP contribution in [0.1, 0.15) is 40.0 Å². The molecular formula is C12H21NO2. The molecule has 0 aromatic carbocycles. The molecular weight excluding hydrogens is 190 g/mol. The Kier molecular flexibility index (Phi) is 3.77. The number of hydrogen-bond acceptors (Lipinski definition) is 2. The van der Waals surface area contributed by atoms with E-state index < -0.39 is 5.60 Å². The third-order valence-electron chi connectivity index (χ3n) is 2.47. The Morgan fingerprint density at radius 2 is 2.07 bits per heavy atom. The van der Waals surface area contributed by atoms with Crippen LogP contribution in [0.15, 0.2) is 12.2 Å². The van der Waals surface area contributed by atoms with Gasteiger partial charge in [0.15, 0.2) is 0 Å². The standard InChI is InChI=1S/C12H21NO2/c1-12(2,3)15-11(14)13(4)10-8-6-5-7-9-10/h5-6,10H,7-9H2,1-4H3. The van der Waals surface area contributed by atoms with Gasteiger partial charge in [-0.15, -0.1) is 0 Å². The van der Waals surface area contributed by atoms with E-state index in [1.54, 1.807) is 4.90 Å². The SMILES string of the molecule is CN(C(=O)OC(C)(C)C)C1CC=CCC1. The Hall–Kier alpha value is -0.990. The summed E-state index contributed by atoms with van der Waals surface area (Å²) < 4.78 is 5.32. The highest BCUT2D eigenvalue weighted by molar-refractivity contribution is 5.68. The molecule has 0 aliphatic heterocycles. The van der Waals surface area contributed by atoms with Crippen molar-refractivity contribution in [2.24, 2.45) is 0 Å². The Morgan fingerprint density at radius 3 is 2.53 bits per heavy atom. The average molecular weight is 211 g/mol. The maximum atomic E-state index is 11.7. The second-order valence-corrected chi connectivity index (χ2v) is 5.03. The van der Waals surface area contributed by atoms with Crippen molar-refractivity contribution in [2.75, 3.05) is 7.05 Å². The highest BCUT2D eigenvalue weighted by Crippen LogP contribution is 2.18. The predicted molar refractivity (Wildman–Crippen MR) is 60.8 cm³/mol. The zero-order valence-electron chi connectivity index (χ0n) is 10.1. The maximum Gasteiger partial charge on any atom is 0.410 e. The summed E-state index contributed by atoms with van der Waals surface area (Å²) in [6.07, 6.45) is 7.11. The molecule has 15 heavy (non-hydrogen) atoms. The molecule has 1 rings (SSSR count). The number of hydrogen-bond donors (Lipinski definition) is 0. The second kappa shape index (κ2) is 4.69. The Balaban J connectivity index is 2.48. The van der Waals surface area contributed by atoms with Gasteiger partial charge in [0.1, 0.15) is 5.60 Å². The molecule has 0 bridgehead atoms. The number of amides is 1. The van der Waals surface area contributed by atoms with Crippen molar-refractivity contribution in [3.63, 3.8) is 0 Å². The molecule has 0 saturated heterocycles. The molecule has 0 radical (unpaired) electrons. The molecule has 0 saturated carbocycles. The van der Waals surface area contributed by atoms with Crippen LogP contribution in [0.3, 0.4) is 0 Å². The molecule has 1 aliphatic carbocycles. The van der Waals surface area contributed by atoms with E-state index in [1.807, 2.05) is 27.8 Å². The van der Waals surface area contributed by atoms with Gasteiger partial charge in [-0.3, -0.25) is 0 Å². The van der Waals surface area contributed by atoms with Crippen molar-refractivity contribution < 1.29 is 9.53 Å². The normalized spacial score (nSPS) is 21.2. The first-order valence-corrected chi connectivity index (χ1v) is 5.51. The average Bonchev–Trinajstić information content (AvgIpc) is 2.15. The van der Waals surface area contributed by atoms with Gasteiger partial charge in [-0.05, 0) is 40.0 Å². The van der Waals surface area contributed by atoms with Crippen LogP contribution < -0.4 is 0 Å². The van der Waals surface area contributed by atoms with Crippen LogP contribution in [0.2, 0.25) is 0 Å². The van der Waals surface area contributed by atoms with E-state index in [2.05, 4.69) is 12.2 Å². The van der Waals surface area contributed by atoms with E-state index >= 15 is 0 Å². The number of rotatable bonds is 1. The fraction of sp³-hybridized carbons (Fsp3) is 0.750. The van der Waals surface area contributed by atoms with Gasteiger partial charge in [0.2, 0.25) is 0 Å². The van der Waals surface area contributed by atoms with E-state index in [0.29, 0.717) is 6.04 Å². The molecule has 0 aromatic heterocycles. The number of allylic oxidation sites excluding steroid dienone is 1. The van der Waals surface area contributed by atoms with Crippen LogP contribution in [0.25, 0.3) is 0 Å². The summed E-state index contributed by atoms with van der Waals surface area (Å²) in [4.78, 5) is 13.5. The predicted octanol–water partition coefficient (Wildman–Crippen LogP) is 2.96. The summed E-state index contributed by atoms with van der Waals surface area (Å²) >= 11 is 0. The van der Waals surface area contributed by atoms with Crippen LogP contribution >= 0.6 is 0 Å². The van der Waals surface area contributed by atoms with Gasteiger partial charge in [0, 0.05) is 13.1 Å². The third kappa shape index (κ3) is 3.94. The third-order valence-corrected chi connectivity index (χ3v) is 2.47. The first-order valence-electron chi connectivity index (χ1n) is 5.51. The first-order chi connectivity index (χ1) is 6.90. The fourth-order valence-corrected chi connectivity index (χ4v) is 1.61. The molecule has 0 spiro atoms. The monoisotopic (exact) mass is 211 g/mol. The molecule has 86 valence electrons. The molecule has 1 amide bonds. The minimum Gasteiger partial charge on any atom is -0.444 e. The van der Waals surface area contributed by atoms with Crippen LogP contribution in [0.5, 0.6) is 0 Å². The fourth-order valence-electron chi connectivity index (χ4n) is 1.61. The summed E-state index contributed by atoms with van der Waals surface area (Å²) in [6, 6.07) is 0.296. The number of ether oxygens (including phenoxy) is 1. The van der Waals surface area contributed by atoms with Crippen molar-refractivity contribution in [3.05, 3.63) is 12.2 Å². The van der Waals surface area contributed by atoms with Crippen molar-refractivity contribution in [3.8, 4) is 0 Å².